The van der Waals surface area contributed by atoms with Crippen LogP contribution in [-0.4, -0.2) is 72.9 Å². The van der Waals surface area contributed by atoms with Gasteiger partial charge in [0, 0.05) is 25.7 Å². The molecule has 13 heteroatoms. The lowest BCUT2D eigenvalue weighted by Gasteiger charge is -2.25. The molecule has 0 bridgehead atoms. The normalized spacial score (nSPS) is 23.6. The predicted molar refractivity (Wildman–Crippen MR) is 61.8 cm³/mol. The van der Waals surface area contributed by atoms with E-state index in [-0.39, 0.29) is 0 Å². The second-order valence-electron chi connectivity index (χ2n) is 4.23. The first-order valence-corrected chi connectivity index (χ1v) is 6.01. The van der Waals surface area contributed by atoms with Gasteiger partial charge in [-0.25, -0.2) is 9.59 Å². The van der Waals surface area contributed by atoms with Crippen LogP contribution in [0, 0.1) is 0 Å². The van der Waals surface area contributed by atoms with Crippen LogP contribution in [0.15, 0.2) is 0 Å². The Hall–Kier alpha value is -1.60. The van der Waals surface area contributed by atoms with Crippen molar-refractivity contribution in [2.75, 3.05) is 26.2 Å². The Morgan fingerprint density at radius 3 is 1.74 bits per heavy atom. The fourth-order valence-corrected chi connectivity index (χ4v) is 1.49. The van der Waals surface area contributed by atoms with Crippen LogP contribution in [0.25, 0.3) is 0 Å². The number of halogens is 6. The third-order valence-corrected chi connectivity index (χ3v) is 2.48. The summed E-state index contributed by atoms with van der Waals surface area (Å²) in [5.74, 6) is -5.51. The molecular weight excluding hydrogens is 342 g/mol. The van der Waals surface area contributed by atoms with Crippen molar-refractivity contribution in [2.45, 2.75) is 24.5 Å². The van der Waals surface area contributed by atoms with Crippen molar-refractivity contribution >= 4 is 11.9 Å². The number of carboxylic acids is 2. The molecule has 0 aromatic rings. The fourth-order valence-electron chi connectivity index (χ4n) is 1.49. The van der Waals surface area contributed by atoms with Crippen LogP contribution in [0.5, 0.6) is 0 Å². The number of rotatable bonds is 0. The Morgan fingerprint density at radius 2 is 1.39 bits per heavy atom. The van der Waals surface area contributed by atoms with E-state index in [1.54, 1.807) is 0 Å². The molecule has 23 heavy (non-hydrogen) atoms. The molecule has 136 valence electrons. The maximum absolute atomic E-state index is 10.6. The lowest BCUT2D eigenvalue weighted by atomic mass is 10.2. The third-order valence-electron chi connectivity index (χ3n) is 2.48. The van der Waals surface area contributed by atoms with Crippen LogP contribution in [0.2, 0.25) is 0 Å². The molecule has 7 nitrogen and oxygen atoms in total. The quantitative estimate of drug-likeness (QED) is 0.460. The Labute approximate surface area is 125 Å². The smallest absolute Gasteiger partial charge is 0.475 e. The predicted octanol–water partition coefficient (Wildman–Crippen LogP) is 0.213. The molecule has 2 rings (SSSR count). The van der Waals surface area contributed by atoms with E-state index >= 15 is 0 Å². The minimum absolute atomic E-state index is 0.443. The van der Waals surface area contributed by atoms with Gasteiger partial charge in [-0.05, 0) is 0 Å². The zero-order valence-electron chi connectivity index (χ0n) is 11.4. The van der Waals surface area contributed by atoms with Crippen LogP contribution in [-0.2, 0) is 14.3 Å². The van der Waals surface area contributed by atoms with E-state index < -0.39 is 24.3 Å². The summed E-state index contributed by atoms with van der Waals surface area (Å²) in [6, 6.07) is 0.582. The van der Waals surface area contributed by atoms with Crippen molar-refractivity contribution in [3.8, 4) is 0 Å². The SMILES string of the molecule is C1CO[C@@H]2CNC[C@H]2N1.O=C(O)C(F)(F)F.O=C(O)C(F)(F)F. The molecule has 4 N–H and O–H groups in total. The van der Waals surface area contributed by atoms with Crippen LogP contribution < -0.4 is 10.6 Å². The fraction of sp³-hybridized carbons (Fsp3) is 0.800. The monoisotopic (exact) mass is 356 g/mol. The van der Waals surface area contributed by atoms with E-state index in [1.807, 2.05) is 0 Å². The van der Waals surface area contributed by atoms with Gasteiger partial charge < -0.3 is 25.6 Å². The van der Waals surface area contributed by atoms with Gasteiger partial charge in [0.05, 0.1) is 12.7 Å². The zero-order chi connectivity index (χ0) is 18.3. The average molecular weight is 356 g/mol. The summed E-state index contributed by atoms with van der Waals surface area (Å²) in [6.45, 7) is 3.99. The van der Waals surface area contributed by atoms with Gasteiger partial charge in [0.1, 0.15) is 0 Å². The molecular formula is C10H14F6N2O5. The van der Waals surface area contributed by atoms with Gasteiger partial charge in [-0.15, -0.1) is 0 Å². The van der Waals surface area contributed by atoms with Crippen molar-refractivity contribution in [1.82, 2.24) is 10.6 Å². The number of morpholine rings is 1. The van der Waals surface area contributed by atoms with Crippen LogP contribution in [0.4, 0.5) is 26.3 Å². The maximum Gasteiger partial charge on any atom is 0.490 e. The van der Waals surface area contributed by atoms with Gasteiger partial charge >= 0.3 is 24.3 Å². The summed E-state index contributed by atoms with van der Waals surface area (Å²) in [6.07, 6.45) is -9.72. The van der Waals surface area contributed by atoms with Crippen LogP contribution >= 0.6 is 0 Å². The molecule has 0 aromatic heterocycles. The molecule has 2 aliphatic rings. The number of carbonyl (C=O) groups is 2. The third kappa shape index (κ3) is 9.20. The summed E-state index contributed by atoms with van der Waals surface area (Å²) in [5, 5.41) is 20.9. The standard InChI is InChI=1S/C6H12N2O.2C2HF3O2/c1-2-9-6-4-7-3-5(6)8-1;2*3-2(4,5)1(6)7/h5-8H,1-4H2;2*(H,6,7)/t5-,6-;;/m1../s1. The van der Waals surface area contributed by atoms with Crippen molar-refractivity contribution in [3.05, 3.63) is 0 Å². The Balaban J connectivity index is 0.000000322. The lowest BCUT2D eigenvalue weighted by Crippen LogP contribution is -2.47. The van der Waals surface area contributed by atoms with Gasteiger partial charge in [0.15, 0.2) is 0 Å². The second kappa shape index (κ2) is 8.88. The molecule has 2 atom stereocenters. The number of fused-ring (bicyclic) bond motifs is 1. The molecule has 0 spiro atoms. The van der Waals surface area contributed by atoms with E-state index in [0.29, 0.717) is 12.1 Å². The van der Waals surface area contributed by atoms with Crippen molar-refractivity contribution in [3.63, 3.8) is 0 Å². The molecule has 2 heterocycles. The summed E-state index contributed by atoms with van der Waals surface area (Å²) < 4.78 is 68.9. The first-order valence-electron chi connectivity index (χ1n) is 6.01. The van der Waals surface area contributed by atoms with Crippen molar-refractivity contribution < 1.29 is 50.9 Å². The van der Waals surface area contributed by atoms with Gasteiger partial charge in [0.2, 0.25) is 0 Å². The summed E-state index contributed by atoms with van der Waals surface area (Å²) >= 11 is 0. The molecule has 0 saturated carbocycles. The molecule has 0 radical (unpaired) electrons. The summed E-state index contributed by atoms with van der Waals surface area (Å²) in [7, 11) is 0. The summed E-state index contributed by atoms with van der Waals surface area (Å²) in [4.78, 5) is 17.8. The number of alkyl halides is 6. The first-order chi connectivity index (χ1) is 10.4. The minimum Gasteiger partial charge on any atom is -0.475 e. The van der Waals surface area contributed by atoms with Crippen LogP contribution in [0.3, 0.4) is 0 Å². The van der Waals surface area contributed by atoms with Crippen LogP contribution in [0.1, 0.15) is 0 Å². The number of nitrogens with one attached hydrogen (secondary N) is 2. The summed E-state index contributed by atoms with van der Waals surface area (Å²) in [5.41, 5.74) is 0. The lowest BCUT2D eigenvalue weighted by molar-refractivity contribution is -0.193. The van der Waals surface area contributed by atoms with E-state index in [2.05, 4.69) is 10.6 Å². The Morgan fingerprint density at radius 1 is 0.957 bits per heavy atom. The number of hydrogen-bond donors (Lipinski definition) is 4. The maximum atomic E-state index is 10.6. The molecule has 0 aromatic carbocycles. The topological polar surface area (TPSA) is 108 Å². The van der Waals surface area contributed by atoms with Gasteiger partial charge in [0.25, 0.3) is 0 Å². The molecule has 2 aliphatic heterocycles. The Kier molecular flexibility index (Phi) is 8.26. The number of carboxylic acid groups (broad SMARTS) is 2. The highest BCUT2D eigenvalue weighted by Gasteiger charge is 2.38. The van der Waals surface area contributed by atoms with Gasteiger partial charge in [-0.2, -0.15) is 26.3 Å². The largest absolute Gasteiger partial charge is 0.490 e. The van der Waals surface area contributed by atoms with Crippen molar-refractivity contribution in [2.24, 2.45) is 0 Å². The van der Waals surface area contributed by atoms with E-state index in [9.17, 15) is 26.3 Å². The van der Waals surface area contributed by atoms with E-state index in [1.165, 1.54) is 0 Å². The van der Waals surface area contributed by atoms with Gasteiger partial charge in [-0.1, -0.05) is 0 Å². The van der Waals surface area contributed by atoms with Crippen molar-refractivity contribution in [1.29, 1.82) is 0 Å². The highest BCUT2D eigenvalue weighted by Crippen LogP contribution is 2.13. The molecule has 0 unspecified atom stereocenters. The van der Waals surface area contributed by atoms with E-state index in [4.69, 9.17) is 24.5 Å². The number of ether oxygens (including phenoxy) is 1. The molecule has 0 aliphatic carbocycles. The average Bonchev–Trinajstić information content (AvgIpc) is 2.86. The highest BCUT2D eigenvalue weighted by molar-refractivity contribution is 5.73. The highest BCUT2D eigenvalue weighted by atomic mass is 19.4. The molecule has 2 fully saturated rings. The van der Waals surface area contributed by atoms with E-state index in [0.717, 1.165) is 26.2 Å². The Bertz CT molecular complexity index is 364. The minimum atomic E-state index is -5.08. The first kappa shape index (κ1) is 21.4. The molecule has 0 amide bonds. The van der Waals surface area contributed by atoms with Gasteiger partial charge in [-0.3, -0.25) is 0 Å². The number of hydrogen-bond acceptors (Lipinski definition) is 5. The molecule has 2 saturated heterocycles. The zero-order valence-corrected chi connectivity index (χ0v) is 11.4. The number of aliphatic carboxylic acids is 2. The second-order valence-corrected chi connectivity index (χ2v) is 4.23.